The predicted octanol–water partition coefficient (Wildman–Crippen LogP) is 6.50. The molecule has 6 aliphatic rings. The molecule has 1 spiro atoms. The quantitative estimate of drug-likeness (QED) is 0.174. The number of methoxy groups -OCH3 is 1. The standard InChI is InChI=1S/C49H61N9O5S/c1-27-28(2)39(27)44(59)54-41-43(56-24-49(25-56)14-9-16-52-49)45-53-37(23-64-45)31-12-13-38-34(20-31)35(21-48(4,5)26-63-47(61)36-11-8-17-57(55-36)46(41)60)42(58(38)32-18-30(19-32)22-50)33-10-7-15-51-40(33)29(3)62-6/h7,10,12-13,15,20,23,27-30,32,36,39,41,43,52,55H,8-9,11,14,16-19,21,24-26H2,1-6H3,(H,54,59)/t27-,28+,29-,30?,32?,36-,39?,41-,43-/m0/s1. The molecule has 10 rings (SSSR count). The maximum absolute atomic E-state index is 15.1. The first-order valence-electron chi connectivity index (χ1n) is 23.3. The summed E-state index contributed by atoms with van der Waals surface area (Å²) in [6.07, 6.45) is 6.87. The summed E-state index contributed by atoms with van der Waals surface area (Å²) in [7, 11) is 1.70. The van der Waals surface area contributed by atoms with E-state index in [0.29, 0.717) is 25.8 Å². The molecule has 2 aliphatic carbocycles. The Labute approximate surface area is 379 Å². The number of nitrogens with zero attached hydrogens (tertiary/aromatic N) is 6. The molecule has 3 saturated heterocycles. The fraction of sp³-hybridized carbons (Fsp3) is 0.592. The van der Waals surface area contributed by atoms with Crippen LogP contribution in [0.4, 0.5) is 0 Å². The second-order valence-electron chi connectivity index (χ2n) is 20.4. The van der Waals surface area contributed by atoms with Crippen LogP contribution in [0.15, 0.2) is 41.9 Å². The molecule has 1 aromatic carbocycles. The van der Waals surface area contributed by atoms with Gasteiger partial charge in [0.1, 0.15) is 17.1 Å². The highest BCUT2D eigenvalue weighted by molar-refractivity contribution is 7.10. The minimum atomic E-state index is -0.945. The number of thiazole rings is 1. The molecule has 1 unspecified atom stereocenters. The first-order valence-corrected chi connectivity index (χ1v) is 24.2. The molecular formula is C49H61N9O5S. The van der Waals surface area contributed by atoms with E-state index in [1.54, 1.807) is 18.3 Å². The van der Waals surface area contributed by atoms with Gasteiger partial charge in [0.05, 0.1) is 47.8 Å². The molecule has 3 aromatic heterocycles. The lowest BCUT2D eigenvalue weighted by molar-refractivity contribution is -0.156. The average molecular weight is 888 g/mol. The Morgan fingerprint density at radius 3 is 2.66 bits per heavy atom. The largest absolute Gasteiger partial charge is 0.464 e. The zero-order valence-corrected chi connectivity index (χ0v) is 38.7. The third-order valence-electron chi connectivity index (χ3n) is 15.4. The summed E-state index contributed by atoms with van der Waals surface area (Å²) in [4.78, 5) is 55.9. The molecule has 4 aliphatic heterocycles. The molecule has 0 radical (unpaired) electrons. The second-order valence-corrected chi connectivity index (χ2v) is 21.3. The SMILES string of the molecule is CO[C@@H](C)c1ncccc1-c1c2c3cc(ccc3n1C1CC(C#N)C1)-c1csc(n1)[C@@H](N1CC3(CCCN3)C1)[C@H](NC(=O)C1[C@@H](C)[C@H]1C)C(=O)N1CCC[C@H](N1)C(=O)OCC(C)(C)C2. The number of nitrogens with one attached hydrogen (secondary N) is 3. The number of esters is 1. The molecule has 6 bridgehead atoms. The molecule has 64 heavy (non-hydrogen) atoms. The number of amides is 2. The van der Waals surface area contributed by atoms with Gasteiger partial charge in [0.2, 0.25) is 5.91 Å². The molecule has 3 N–H and O–H groups in total. The summed E-state index contributed by atoms with van der Waals surface area (Å²) in [6, 6.07) is 11.0. The van der Waals surface area contributed by atoms with Crippen molar-refractivity contribution in [3.05, 3.63) is 58.2 Å². The molecule has 15 heteroatoms. The van der Waals surface area contributed by atoms with Crippen molar-refractivity contribution in [3.63, 3.8) is 0 Å². The second kappa shape index (κ2) is 16.6. The highest BCUT2D eigenvalue weighted by Gasteiger charge is 2.54. The van der Waals surface area contributed by atoms with Gasteiger partial charge in [-0.25, -0.2) is 10.4 Å². The molecular weight excluding hydrogens is 827 g/mol. The summed E-state index contributed by atoms with van der Waals surface area (Å²) in [6.45, 7) is 13.4. The number of benzene rings is 1. The van der Waals surface area contributed by atoms with Gasteiger partial charge in [-0.1, -0.05) is 33.8 Å². The first kappa shape index (κ1) is 43.2. The van der Waals surface area contributed by atoms with E-state index in [-0.39, 0.29) is 59.8 Å². The van der Waals surface area contributed by atoms with Gasteiger partial charge in [-0.15, -0.1) is 11.3 Å². The van der Waals surface area contributed by atoms with Crippen molar-refractivity contribution in [1.29, 1.82) is 5.26 Å². The molecule has 338 valence electrons. The normalized spacial score (nSPS) is 30.5. The van der Waals surface area contributed by atoms with Crippen molar-refractivity contribution in [1.82, 2.24) is 40.5 Å². The van der Waals surface area contributed by atoms with Crippen molar-refractivity contribution in [2.75, 3.05) is 39.9 Å². The van der Waals surface area contributed by atoms with E-state index < -0.39 is 29.5 Å². The minimum Gasteiger partial charge on any atom is -0.464 e. The van der Waals surface area contributed by atoms with Gasteiger partial charge in [0.15, 0.2) is 0 Å². The molecule has 7 heterocycles. The smallest absolute Gasteiger partial charge is 0.324 e. The number of hydrogen-bond donors (Lipinski definition) is 3. The van der Waals surface area contributed by atoms with Gasteiger partial charge in [0.25, 0.3) is 5.91 Å². The van der Waals surface area contributed by atoms with Gasteiger partial charge in [-0.05, 0) is 100 Å². The lowest BCUT2D eigenvalue weighted by Crippen LogP contribution is -2.70. The Morgan fingerprint density at radius 1 is 1.14 bits per heavy atom. The van der Waals surface area contributed by atoms with Gasteiger partial charge >= 0.3 is 5.97 Å². The van der Waals surface area contributed by atoms with Crippen LogP contribution in [0, 0.1) is 40.4 Å². The summed E-state index contributed by atoms with van der Waals surface area (Å²) in [5, 5.41) is 22.4. The molecule has 2 amide bonds. The number of rotatable bonds is 7. The number of carbonyl (C=O) groups excluding carboxylic acids is 3. The van der Waals surface area contributed by atoms with Crippen molar-refractivity contribution in [3.8, 4) is 28.6 Å². The maximum atomic E-state index is 15.1. The number of pyridine rings is 1. The van der Waals surface area contributed by atoms with Crippen molar-refractivity contribution >= 4 is 40.0 Å². The Kier molecular flexibility index (Phi) is 11.2. The van der Waals surface area contributed by atoms with Crippen molar-refractivity contribution in [2.24, 2.45) is 29.1 Å². The van der Waals surface area contributed by atoms with Crippen LogP contribution >= 0.6 is 11.3 Å². The number of likely N-dealkylation sites (tertiary alicyclic amines) is 1. The van der Waals surface area contributed by atoms with E-state index in [9.17, 15) is 14.9 Å². The lowest BCUT2D eigenvalue weighted by Gasteiger charge is -2.53. The number of hydrazine groups is 1. The van der Waals surface area contributed by atoms with E-state index in [1.165, 1.54) is 11.3 Å². The van der Waals surface area contributed by atoms with Crippen molar-refractivity contribution < 1.29 is 23.9 Å². The van der Waals surface area contributed by atoms with Gasteiger partial charge in [-0.3, -0.25) is 29.3 Å². The average Bonchev–Trinajstić information content (AvgIpc) is 3.75. The van der Waals surface area contributed by atoms with Crippen LogP contribution < -0.4 is 16.1 Å². The van der Waals surface area contributed by atoms with Crippen LogP contribution in [0.3, 0.4) is 0 Å². The van der Waals surface area contributed by atoms with Crippen LogP contribution in [0.5, 0.6) is 0 Å². The summed E-state index contributed by atoms with van der Waals surface area (Å²) < 4.78 is 14.5. The van der Waals surface area contributed by atoms with Gasteiger partial charge in [0, 0.05) is 83.3 Å². The van der Waals surface area contributed by atoms with E-state index >= 15 is 4.79 Å². The fourth-order valence-corrected chi connectivity index (χ4v) is 12.3. The van der Waals surface area contributed by atoms with Crippen LogP contribution in [-0.2, 0) is 30.3 Å². The van der Waals surface area contributed by atoms with Gasteiger partial charge < -0.3 is 24.7 Å². The Bertz CT molecular complexity index is 2500. The lowest BCUT2D eigenvalue weighted by atomic mass is 9.80. The monoisotopic (exact) mass is 887 g/mol. The Morgan fingerprint density at radius 2 is 1.94 bits per heavy atom. The number of fused-ring (bicyclic) bond motifs is 6. The summed E-state index contributed by atoms with van der Waals surface area (Å²) in [5.41, 5.74) is 9.49. The summed E-state index contributed by atoms with van der Waals surface area (Å²) in [5.74, 6) is -0.529. The first-order chi connectivity index (χ1) is 30.8. The van der Waals surface area contributed by atoms with Gasteiger partial charge in [-0.2, -0.15) is 5.26 Å². The topological polar surface area (TPSA) is 167 Å². The highest BCUT2D eigenvalue weighted by Crippen LogP contribution is 2.49. The number of hydrogen-bond acceptors (Lipinski definition) is 12. The van der Waals surface area contributed by atoms with Crippen LogP contribution in [0.25, 0.3) is 33.4 Å². The molecule has 4 aromatic rings. The van der Waals surface area contributed by atoms with Crippen LogP contribution in [0.2, 0.25) is 0 Å². The van der Waals surface area contributed by atoms with Crippen LogP contribution in [-0.4, -0.2) is 99.7 Å². The van der Waals surface area contributed by atoms with E-state index in [0.717, 1.165) is 95.0 Å². The molecule has 2 saturated carbocycles. The number of ether oxygens (including phenoxy) is 2. The minimum absolute atomic E-state index is 0.0178. The highest BCUT2D eigenvalue weighted by atomic mass is 32.1. The van der Waals surface area contributed by atoms with E-state index in [4.69, 9.17) is 19.4 Å². The number of aromatic nitrogens is 3. The molecule has 5 fully saturated rings. The van der Waals surface area contributed by atoms with Crippen molar-refractivity contribution in [2.45, 2.75) is 115 Å². The maximum Gasteiger partial charge on any atom is 0.324 e. The number of carbonyl (C=O) groups is 3. The van der Waals surface area contributed by atoms with E-state index in [2.05, 4.69) is 88.9 Å². The zero-order chi connectivity index (χ0) is 44.7. The summed E-state index contributed by atoms with van der Waals surface area (Å²) >= 11 is 1.53. The predicted molar refractivity (Wildman–Crippen MR) is 243 cm³/mol. The molecule has 14 nitrogen and oxygen atoms in total. The van der Waals surface area contributed by atoms with Crippen LogP contribution in [0.1, 0.15) is 108 Å². The third kappa shape index (κ3) is 7.62. The van der Waals surface area contributed by atoms with E-state index in [1.807, 2.05) is 13.0 Å². The Balaban J connectivity index is 1.14. The fourth-order valence-electron chi connectivity index (χ4n) is 11.3. The third-order valence-corrected chi connectivity index (χ3v) is 16.3. The zero-order valence-electron chi connectivity index (χ0n) is 37.9. The Hall–Kier alpha value is -4.72. The molecule has 7 atom stereocenters. The number of cyclic esters (lactones) is 1. The number of nitriles is 1.